The standard InChI is InChI=1S/C30H29NO6/c1-30(2,3)20-12-10-19(11-13-20)26-25(27(32)21-7-5-6-8-22(21)35-4)28(33)29(34)31(26)16-18-9-14-23-24(15-18)37-17-36-23/h5-15,26,32H,16-17H2,1-4H3/b27-25+. The number of ether oxygens (including phenoxy) is 3. The van der Waals surface area contributed by atoms with Gasteiger partial charge in [0.25, 0.3) is 11.7 Å². The molecular formula is C30H29NO6. The highest BCUT2D eigenvalue weighted by Gasteiger charge is 2.46. The SMILES string of the molecule is COc1ccccc1/C(O)=C1\C(=O)C(=O)N(Cc2ccc3c(c2)OCO3)C1c1ccc(C(C)(C)C)cc1. The molecule has 3 aromatic rings. The molecule has 7 heteroatoms. The van der Waals surface area contributed by atoms with Crippen LogP contribution in [0.4, 0.5) is 0 Å². The van der Waals surface area contributed by atoms with Crippen LogP contribution < -0.4 is 14.2 Å². The minimum absolute atomic E-state index is 0.0266. The Hall–Kier alpha value is -4.26. The van der Waals surface area contributed by atoms with E-state index >= 15 is 0 Å². The van der Waals surface area contributed by atoms with E-state index in [-0.39, 0.29) is 30.1 Å². The number of fused-ring (bicyclic) bond motifs is 1. The van der Waals surface area contributed by atoms with Gasteiger partial charge >= 0.3 is 0 Å². The number of aliphatic hydroxyl groups excluding tert-OH is 1. The van der Waals surface area contributed by atoms with E-state index in [0.717, 1.165) is 16.7 Å². The Morgan fingerprint density at radius 2 is 1.70 bits per heavy atom. The molecule has 0 radical (unpaired) electrons. The van der Waals surface area contributed by atoms with Crippen LogP contribution in [0.5, 0.6) is 17.2 Å². The van der Waals surface area contributed by atoms with Crippen LogP contribution in [-0.2, 0) is 21.5 Å². The highest BCUT2D eigenvalue weighted by molar-refractivity contribution is 6.46. The molecule has 7 nitrogen and oxygen atoms in total. The molecule has 1 amide bonds. The second-order valence-corrected chi connectivity index (χ2v) is 10.2. The zero-order valence-corrected chi connectivity index (χ0v) is 21.3. The molecule has 0 aliphatic carbocycles. The summed E-state index contributed by atoms with van der Waals surface area (Å²) in [6, 6.07) is 19.4. The van der Waals surface area contributed by atoms with Crippen LogP contribution in [0, 0.1) is 0 Å². The molecule has 3 aromatic carbocycles. The Kier molecular flexibility index (Phi) is 6.15. The number of para-hydroxylation sites is 1. The number of benzene rings is 3. The Morgan fingerprint density at radius 1 is 1.00 bits per heavy atom. The number of carbonyl (C=O) groups excluding carboxylic acids is 2. The summed E-state index contributed by atoms with van der Waals surface area (Å²) in [6.07, 6.45) is 0. The van der Waals surface area contributed by atoms with E-state index in [2.05, 4.69) is 20.8 Å². The van der Waals surface area contributed by atoms with Gasteiger partial charge in [-0.25, -0.2) is 0 Å². The second kappa shape index (κ2) is 9.32. The summed E-state index contributed by atoms with van der Waals surface area (Å²) in [4.78, 5) is 28.3. The number of hydrogen-bond acceptors (Lipinski definition) is 6. The fourth-order valence-electron chi connectivity index (χ4n) is 4.78. The van der Waals surface area contributed by atoms with Gasteiger partial charge < -0.3 is 24.2 Å². The Bertz CT molecular complexity index is 1400. The minimum atomic E-state index is -0.788. The van der Waals surface area contributed by atoms with Gasteiger partial charge in [-0.1, -0.05) is 63.2 Å². The van der Waals surface area contributed by atoms with E-state index in [1.807, 2.05) is 36.4 Å². The molecule has 1 N–H and O–H groups in total. The monoisotopic (exact) mass is 499 g/mol. The van der Waals surface area contributed by atoms with Crippen LogP contribution in [0.15, 0.2) is 72.3 Å². The molecule has 0 aromatic heterocycles. The maximum absolute atomic E-state index is 13.4. The highest BCUT2D eigenvalue weighted by Crippen LogP contribution is 2.43. The van der Waals surface area contributed by atoms with E-state index in [0.29, 0.717) is 22.8 Å². The Balaban J connectivity index is 1.63. The van der Waals surface area contributed by atoms with Gasteiger partial charge in [-0.15, -0.1) is 0 Å². The molecule has 1 atom stereocenters. The maximum Gasteiger partial charge on any atom is 0.295 e. The van der Waals surface area contributed by atoms with E-state index in [1.54, 1.807) is 30.3 Å². The molecule has 0 bridgehead atoms. The van der Waals surface area contributed by atoms with Gasteiger partial charge in [0.1, 0.15) is 11.5 Å². The van der Waals surface area contributed by atoms with Crippen molar-refractivity contribution in [1.29, 1.82) is 0 Å². The summed E-state index contributed by atoms with van der Waals surface area (Å²) in [5.41, 5.74) is 2.93. The van der Waals surface area contributed by atoms with Crippen LogP contribution in [0.1, 0.15) is 49.1 Å². The molecule has 0 saturated carbocycles. The van der Waals surface area contributed by atoms with Crippen molar-refractivity contribution >= 4 is 17.4 Å². The third-order valence-corrected chi connectivity index (χ3v) is 6.78. The predicted octanol–water partition coefficient (Wildman–Crippen LogP) is 5.34. The normalized spacial score (nSPS) is 18.4. The van der Waals surface area contributed by atoms with Crippen LogP contribution >= 0.6 is 0 Å². The number of carbonyl (C=O) groups is 2. The van der Waals surface area contributed by atoms with Crippen molar-refractivity contribution < 1.29 is 28.9 Å². The van der Waals surface area contributed by atoms with Crippen molar-refractivity contribution in [1.82, 2.24) is 4.90 Å². The van der Waals surface area contributed by atoms with Crippen molar-refractivity contribution in [2.75, 3.05) is 13.9 Å². The second-order valence-electron chi connectivity index (χ2n) is 10.2. The fourth-order valence-corrected chi connectivity index (χ4v) is 4.78. The smallest absolute Gasteiger partial charge is 0.295 e. The molecule has 2 heterocycles. The third-order valence-electron chi connectivity index (χ3n) is 6.78. The Morgan fingerprint density at radius 3 is 2.41 bits per heavy atom. The largest absolute Gasteiger partial charge is 0.507 e. The topological polar surface area (TPSA) is 85.3 Å². The van der Waals surface area contributed by atoms with Gasteiger partial charge in [0.05, 0.1) is 24.3 Å². The molecule has 37 heavy (non-hydrogen) atoms. The van der Waals surface area contributed by atoms with Gasteiger partial charge in [0.15, 0.2) is 11.5 Å². The lowest BCUT2D eigenvalue weighted by Crippen LogP contribution is -2.29. The van der Waals surface area contributed by atoms with Crippen molar-refractivity contribution in [3.05, 3.63) is 94.6 Å². The summed E-state index contributed by atoms with van der Waals surface area (Å²) in [6.45, 7) is 6.65. The number of hydrogen-bond donors (Lipinski definition) is 1. The minimum Gasteiger partial charge on any atom is -0.507 e. The van der Waals surface area contributed by atoms with Gasteiger partial charge in [0, 0.05) is 6.54 Å². The first-order valence-corrected chi connectivity index (χ1v) is 12.1. The van der Waals surface area contributed by atoms with Gasteiger partial charge in [-0.3, -0.25) is 9.59 Å². The molecule has 1 unspecified atom stereocenters. The van der Waals surface area contributed by atoms with E-state index in [4.69, 9.17) is 14.2 Å². The van der Waals surface area contributed by atoms with Crippen molar-refractivity contribution in [2.24, 2.45) is 0 Å². The molecule has 1 saturated heterocycles. The van der Waals surface area contributed by atoms with Crippen LogP contribution in [0.25, 0.3) is 5.76 Å². The number of nitrogens with zero attached hydrogens (tertiary/aromatic N) is 1. The van der Waals surface area contributed by atoms with Crippen LogP contribution in [-0.4, -0.2) is 35.6 Å². The summed E-state index contributed by atoms with van der Waals surface area (Å²) in [5, 5.41) is 11.4. The maximum atomic E-state index is 13.4. The van der Waals surface area contributed by atoms with Gasteiger partial charge in [-0.2, -0.15) is 0 Å². The molecule has 5 rings (SSSR count). The number of likely N-dealkylation sites (tertiary alicyclic amines) is 1. The third kappa shape index (κ3) is 4.42. The Labute approximate surface area is 215 Å². The molecule has 1 fully saturated rings. The van der Waals surface area contributed by atoms with Crippen LogP contribution in [0.2, 0.25) is 0 Å². The number of ketones is 1. The molecule has 2 aliphatic heterocycles. The lowest BCUT2D eigenvalue weighted by molar-refractivity contribution is -0.140. The van der Waals surface area contributed by atoms with Gasteiger partial charge in [-0.05, 0) is 46.4 Å². The van der Waals surface area contributed by atoms with Crippen molar-refractivity contribution in [3.63, 3.8) is 0 Å². The van der Waals surface area contributed by atoms with E-state index in [9.17, 15) is 14.7 Å². The zero-order valence-electron chi connectivity index (χ0n) is 21.3. The fraction of sp³-hybridized carbons (Fsp3) is 0.267. The highest BCUT2D eigenvalue weighted by atomic mass is 16.7. The first kappa shape index (κ1) is 24.4. The van der Waals surface area contributed by atoms with Gasteiger partial charge in [0.2, 0.25) is 6.79 Å². The average Bonchev–Trinajstić information content (AvgIpc) is 3.46. The number of amides is 1. The number of rotatable bonds is 5. The van der Waals surface area contributed by atoms with E-state index < -0.39 is 17.7 Å². The molecular weight excluding hydrogens is 470 g/mol. The summed E-state index contributed by atoms with van der Waals surface area (Å²) < 4.78 is 16.3. The molecule has 190 valence electrons. The number of aliphatic hydroxyl groups is 1. The first-order valence-electron chi connectivity index (χ1n) is 12.1. The lowest BCUT2D eigenvalue weighted by atomic mass is 9.85. The number of methoxy groups -OCH3 is 1. The summed E-state index contributed by atoms with van der Waals surface area (Å²) in [7, 11) is 1.49. The average molecular weight is 500 g/mol. The first-order chi connectivity index (χ1) is 17.7. The molecule has 0 spiro atoms. The number of Topliss-reactive ketones (excluding diaryl/α,β-unsaturated/α-hetero) is 1. The molecule has 2 aliphatic rings. The zero-order chi connectivity index (χ0) is 26.3. The summed E-state index contributed by atoms with van der Waals surface area (Å²) in [5.74, 6) is -0.0590. The quantitative estimate of drug-likeness (QED) is 0.290. The van der Waals surface area contributed by atoms with Crippen LogP contribution in [0.3, 0.4) is 0 Å². The van der Waals surface area contributed by atoms with E-state index in [1.165, 1.54) is 12.0 Å². The predicted molar refractivity (Wildman–Crippen MR) is 139 cm³/mol. The van der Waals surface area contributed by atoms with Crippen molar-refractivity contribution in [3.8, 4) is 17.2 Å². The lowest BCUT2D eigenvalue weighted by Gasteiger charge is -2.27. The van der Waals surface area contributed by atoms with Crippen molar-refractivity contribution in [2.45, 2.75) is 38.8 Å². The summed E-state index contributed by atoms with van der Waals surface area (Å²) >= 11 is 0.